The van der Waals surface area contributed by atoms with E-state index in [1.807, 2.05) is 0 Å². The predicted molar refractivity (Wildman–Crippen MR) is 79.0 cm³/mol. The van der Waals surface area contributed by atoms with Crippen molar-refractivity contribution in [3.05, 3.63) is 42.1 Å². The van der Waals surface area contributed by atoms with Crippen LogP contribution in [0.2, 0.25) is 0 Å². The molecular weight excluding hydrogens is 285 g/mol. The average Bonchev–Trinajstić information content (AvgIpc) is 3.00. The van der Waals surface area contributed by atoms with E-state index in [0.717, 1.165) is 6.54 Å². The van der Waals surface area contributed by atoms with Crippen LogP contribution >= 0.6 is 0 Å². The van der Waals surface area contributed by atoms with Gasteiger partial charge in [-0.05, 0) is 30.9 Å². The summed E-state index contributed by atoms with van der Waals surface area (Å²) in [6.07, 6.45) is 5.49. The van der Waals surface area contributed by atoms with Crippen LogP contribution in [0.1, 0.15) is 23.2 Å². The lowest BCUT2D eigenvalue weighted by Crippen LogP contribution is -2.17. The number of benzene rings is 1. The lowest BCUT2D eigenvalue weighted by Gasteiger charge is -2.09. The van der Waals surface area contributed by atoms with Crippen molar-refractivity contribution in [2.75, 3.05) is 5.32 Å². The molecule has 2 N–H and O–H groups in total. The molecule has 4 rings (SSSR count). The molecule has 0 spiro atoms. The molecule has 1 aromatic carbocycles. The number of aromatic amines is 1. The molecular formula is C15H14FN5O. The molecule has 6 nitrogen and oxygen atoms in total. The van der Waals surface area contributed by atoms with Crippen molar-refractivity contribution >= 4 is 22.8 Å². The molecule has 1 aliphatic carbocycles. The predicted octanol–water partition coefficient (Wildman–Crippen LogP) is 2.56. The third-order valence-corrected chi connectivity index (χ3v) is 3.82. The number of fused-ring (bicyclic) bond motifs is 1. The van der Waals surface area contributed by atoms with Crippen molar-refractivity contribution in [1.29, 1.82) is 0 Å². The van der Waals surface area contributed by atoms with Crippen molar-refractivity contribution in [2.45, 2.75) is 19.4 Å². The molecule has 0 radical (unpaired) electrons. The lowest BCUT2D eigenvalue weighted by molar-refractivity contribution is 0.102. The van der Waals surface area contributed by atoms with E-state index in [2.05, 4.69) is 20.4 Å². The number of amides is 1. The van der Waals surface area contributed by atoms with E-state index < -0.39 is 11.7 Å². The first-order valence-electron chi connectivity index (χ1n) is 7.16. The maximum Gasteiger partial charge on any atom is 0.259 e. The summed E-state index contributed by atoms with van der Waals surface area (Å²) >= 11 is 0. The number of halogens is 1. The maximum absolute atomic E-state index is 13.6. The molecule has 22 heavy (non-hydrogen) atoms. The largest absolute Gasteiger partial charge is 0.344 e. The monoisotopic (exact) mass is 299 g/mol. The van der Waals surface area contributed by atoms with Crippen LogP contribution in [0, 0.1) is 11.7 Å². The van der Waals surface area contributed by atoms with Gasteiger partial charge in [-0.3, -0.25) is 4.79 Å². The van der Waals surface area contributed by atoms with E-state index in [9.17, 15) is 9.18 Å². The first-order chi connectivity index (χ1) is 10.7. The molecule has 2 heterocycles. The molecule has 2 aromatic heterocycles. The van der Waals surface area contributed by atoms with Gasteiger partial charge in [-0.25, -0.2) is 14.1 Å². The van der Waals surface area contributed by atoms with Gasteiger partial charge in [0.2, 0.25) is 0 Å². The highest BCUT2D eigenvalue weighted by Crippen LogP contribution is 2.31. The number of carbonyl (C=O) groups excluding carboxylic acids is 1. The Hall–Kier alpha value is -2.70. The smallest absolute Gasteiger partial charge is 0.259 e. The minimum atomic E-state index is -0.478. The number of nitrogens with one attached hydrogen (secondary N) is 2. The topological polar surface area (TPSA) is 75.6 Å². The highest BCUT2D eigenvalue weighted by atomic mass is 19.1. The van der Waals surface area contributed by atoms with E-state index in [0.29, 0.717) is 22.8 Å². The summed E-state index contributed by atoms with van der Waals surface area (Å²) in [5, 5.41) is 7.01. The quantitative estimate of drug-likeness (QED) is 0.777. The minimum Gasteiger partial charge on any atom is -0.344 e. The standard InChI is InChI=1S/C15H14FN5O/c16-10-5-11(14-12(6-10)17-8-18-14)15(22)20-13-3-4-19-21(13)7-9-1-2-9/h3-6,8-9H,1-2,7H2,(H,17,18)(H,20,22). The van der Waals surface area contributed by atoms with Gasteiger partial charge < -0.3 is 10.3 Å². The average molecular weight is 299 g/mol. The van der Waals surface area contributed by atoms with E-state index in [1.165, 1.54) is 31.3 Å². The highest BCUT2D eigenvalue weighted by molar-refractivity contribution is 6.11. The van der Waals surface area contributed by atoms with Crippen molar-refractivity contribution < 1.29 is 9.18 Å². The molecule has 0 atom stereocenters. The maximum atomic E-state index is 13.6. The van der Waals surface area contributed by atoms with E-state index in [4.69, 9.17) is 0 Å². The third-order valence-electron chi connectivity index (χ3n) is 3.82. The number of carbonyl (C=O) groups is 1. The van der Waals surface area contributed by atoms with Crippen LogP contribution in [0.4, 0.5) is 10.2 Å². The van der Waals surface area contributed by atoms with E-state index in [1.54, 1.807) is 16.9 Å². The van der Waals surface area contributed by atoms with Crippen LogP contribution in [0.25, 0.3) is 11.0 Å². The molecule has 1 aliphatic rings. The van der Waals surface area contributed by atoms with Crippen LogP contribution in [0.3, 0.4) is 0 Å². The fraction of sp³-hybridized carbons (Fsp3) is 0.267. The summed E-state index contributed by atoms with van der Waals surface area (Å²) in [5.41, 5.74) is 1.15. The Morgan fingerprint density at radius 1 is 1.45 bits per heavy atom. The second-order valence-corrected chi connectivity index (χ2v) is 5.55. The first kappa shape index (κ1) is 13.0. The van der Waals surface area contributed by atoms with Crippen LogP contribution < -0.4 is 5.32 Å². The minimum absolute atomic E-state index is 0.204. The highest BCUT2D eigenvalue weighted by Gasteiger charge is 2.23. The number of hydrogen-bond acceptors (Lipinski definition) is 3. The van der Waals surface area contributed by atoms with Crippen molar-refractivity contribution in [2.24, 2.45) is 5.92 Å². The summed E-state index contributed by atoms with van der Waals surface area (Å²) in [4.78, 5) is 19.4. The number of rotatable bonds is 4. The number of imidazole rings is 1. The number of anilines is 1. The molecule has 0 bridgehead atoms. The normalized spacial score (nSPS) is 14.4. The van der Waals surface area contributed by atoms with Gasteiger partial charge in [-0.1, -0.05) is 0 Å². The van der Waals surface area contributed by atoms with Crippen molar-refractivity contribution in [1.82, 2.24) is 19.7 Å². The van der Waals surface area contributed by atoms with Gasteiger partial charge in [0.15, 0.2) is 0 Å². The van der Waals surface area contributed by atoms with Gasteiger partial charge in [0.25, 0.3) is 5.91 Å². The molecule has 1 saturated carbocycles. The third kappa shape index (κ3) is 2.34. The van der Waals surface area contributed by atoms with Crippen LogP contribution in [-0.2, 0) is 6.54 Å². The zero-order valence-corrected chi connectivity index (χ0v) is 11.7. The Morgan fingerprint density at radius 2 is 2.32 bits per heavy atom. The zero-order valence-electron chi connectivity index (χ0n) is 11.7. The molecule has 1 amide bonds. The number of H-pyrrole nitrogens is 1. The Labute approximate surface area is 125 Å². The van der Waals surface area contributed by atoms with Crippen LogP contribution in [0.5, 0.6) is 0 Å². The van der Waals surface area contributed by atoms with Crippen LogP contribution in [0.15, 0.2) is 30.7 Å². The molecule has 0 saturated heterocycles. The fourth-order valence-corrected chi connectivity index (χ4v) is 2.50. The molecule has 0 aliphatic heterocycles. The SMILES string of the molecule is O=C(Nc1ccnn1CC1CC1)c1cc(F)cc2[nH]cnc12. The van der Waals surface area contributed by atoms with Gasteiger partial charge in [-0.2, -0.15) is 5.10 Å². The summed E-state index contributed by atoms with van der Waals surface area (Å²) < 4.78 is 15.4. The molecule has 7 heteroatoms. The molecule has 112 valence electrons. The summed E-state index contributed by atoms with van der Waals surface area (Å²) in [7, 11) is 0. The fourth-order valence-electron chi connectivity index (χ4n) is 2.50. The van der Waals surface area contributed by atoms with Gasteiger partial charge in [0, 0.05) is 12.6 Å². The summed E-state index contributed by atoms with van der Waals surface area (Å²) in [5.74, 6) is 0.384. The number of nitrogens with zero attached hydrogens (tertiary/aromatic N) is 3. The van der Waals surface area contributed by atoms with Crippen molar-refractivity contribution in [3.63, 3.8) is 0 Å². The van der Waals surface area contributed by atoms with Crippen molar-refractivity contribution in [3.8, 4) is 0 Å². The summed E-state index contributed by atoms with van der Waals surface area (Å²) in [6.45, 7) is 0.795. The van der Waals surface area contributed by atoms with E-state index in [-0.39, 0.29) is 5.56 Å². The number of hydrogen-bond donors (Lipinski definition) is 2. The van der Waals surface area contributed by atoms with Gasteiger partial charge in [-0.15, -0.1) is 0 Å². The Kier molecular flexibility index (Phi) is 2.92. The Balaban J connectivity index is 1.63. The first-order valence-corrected chi connectivity index (χ1v) is 7.16. The molecule has 3 aromatic rings. The summed E-state index contributed by atoms with van der Waals surface area (Å²) in [6, 6.07) is 4.25. The van der Waals surface area contributed by atoms with Crippen LogP contribution in [-0.4, -0.2) is 25.7 Å². The second kappa shape index (κ2) is 4.94. The molecule has 0 unspecified atom stereocenters. The molecule has 1 fully saturated rings. The van der Waals surface area contributed by atoms with Gasteiger partial charge in [0.1, 0.15) is 17.2 Å². The zero-order chi connectivity index (χ0) is 15.1. The van der Waals surface area contributed by atoms with E-state index >= 15 is 0 Å². The second-order valence-electron chi connectivity index (χ2n) is 5.55. The Morgan fingerprint density at radius 3 is 3.14 bits per heavy atom. The van der Waals surface area contributed by atoms with Gasteiger partial charge >= 0.3 is 0 Å². The van der Waals surface area contributed by atoms with Gasteiger partial charge in [0.05, 0.1) is 23.6 Å². The lowest BCUT2D eigenvalue weighted by atomic mass is 10.1. The Bertz CT molecular complexity index is 849. The number of aromatic nitrogens is 4.